The van der Waals surface area contributed by atoms with Crippen LogP contribution >= 0.6 is 12.4 Å². The van der Waals surface area contributed by atoms with E-state index in [-0.39, 0.29) is 30.4 Å². The second-order valence-corrected chi connectivity index (χ2v) is 6.70. The summed E-state index contributed by atoms with van der Waals surface area (Å²) in [6.45, 7) is 1.93. The number of hydrogen-bond donors (Lipinski definition) is 4. The number of halogens is 1. The van der Waals surface area contributed by atoms with E-state index in [0.29, 0.717) is 18.2 Å². The second-order valence-electron chi connectivity index (χ2n) is 6.70. The van der Waals surface area contributed by atoms with Gasteiger partial charge in [-0.3, -0.25) is 4.79 Å². The summed E-state index contributed by atoms with van der Waals surface area (Å²) in [6, 6.07) is 14.8. The molecule has 0 heterocycles. The Bertz CT molecular complexity index is 774. The molecule has 7 heteroatoms. The first kappa shape index (κ1) is 20.6. The summed E-state index contributed by atoms with van der Waals surface area (Å²) in [4.78, 5) is 23.9. The van der Waals surface area contributed by atoms with Crippen molar-refractivity contribution in [2.24, 2.45) is 0 Å². The van der Waals surface area contributed by atoms with Crippen LogP contribution in [0.25, 0.3) is 0 Å². The predicted molar refractivity (Wildman–Crippen MR) is 110 cm³/mol. The number of rotatable bonds is 6. The molecule has 144 valence electrons. The number of anilines is 2. The van der Waals surface area contributed by atoms with Crippen LogP contribution in [0.1, 0.15) is 36.9 Å². The van der Waals surface area contributed by atoms with Gasteiger partial charge in [-0.25, -0.2) is 4.79 Å². The van der Waals surface area contributed by atoms with Gasteiger partial charge in [0, 0.05) is 17.4 Å². The van der Waals surface area contributed by atoms with Crippen LogP contribution in [-0.2, 0) is 11.2 Å². The fraction of sp³-hybridized carbons (Fsp3) is 0.300. The van der Waals surface area contributed by atoms with Gasteiger partial charge in [-0.1, -0.05) is 24.3 Å². The molecule has 0 aromatic heterocycles. The Hall–Kier alpha value is -2.73. The monoisotopic (exact) mass is 388 g/mol. The van der Waals surface area contributed by atoms with Gasteiger partial charge in [0.1, 0.15) is 0 Å². The average Bonchev–Trinajstić information content (AvgIpc) is 3.41. The SMILES string of the molecule is CC(NC(=O)Cc1ccc(N)cc1)c1ccc(NC(=O)NC2CC2)cc1.Cl. The highest BCUT2D eigenvalue weighted by molar-refractivity contribution is 5.89. The fourth-order valence-electron chi connectivity index (χ4n) is 2.63. The van der Waals surface area contributed by atoms with E-state index in [1.807, 2.05) is 43.3 Å². The Labute approximate surface area is 165 Å². The predicted octanol–water partition coefficient (Wildman–Crippen LogP) is 3.39. The molecule has 2 aromatic carbocycles. The smallest absolute Gasteiger partial charge is 0.319 e. The molecule has 1 aliphatic carbocycles. The van der Waals surface area contributed by atoms with E-state index in [9.17, 15) is 9.59 Å². The number of hydrogen-bond acceptors (Lipinski definition) is 3. The van der Waals surface area contributed by atoms with Crippen molar-refractivity contribution >= 4 is 35.7 Å². The summed E-state index contributed by atoms with van der Waals surface area (Å²) in [5.74, 6) is -0.0479. The van der Waals surface area contributed by atoms with E-state index < -0.39 is 0 Å². The molecule has 1 fully saturated rings. The molecule has 3 amide bonds. The fourth-order valence-corrected chi connectivity index (χ4v) is 2.63. The maximum atomic E-state index is 12.2. The molecular weight excluding hydrogens is 364 g/mol. The van der Waals surface area contributed by atoms with Gasteiger partial charge in [-0.05, 0) is 55.2 Å². The average molecular weight is 389 g/mol. The number of benzene rings is 2. The molecule has 0 radical (unpaired) electrons. The van der Waals surface area contributed by atoms with E-state index in [4.69, 9.17) is 5.73 Å². The minimum Gasteiger partial charge on any atom is -0.399 e. The normalized spacial score (nSPS) is 13.8. The highest BCUT2D eigenvalue weighted by atomic mass is 35.5. The number of amides is 3. The molecule has 1 unspecified atom stereocenters. The Balaban J connectivity index is 0.00000261. The zero-order valence-corrected chi connectivity index (χ0v) is 16.0. The molecule has 5 N–H and O–H groups in total. The molecule has 0 saturated heterocycles. The van der Waals surface area contributed by atoms with Gasteiger partial charge < -0.3 is 21.7 Å². The van der Waals surface area contributed by atoms with Gasteiger partial charge in [0.2, 0.25) is 5.91 Å². The number of carbonyl (C=O) groups is 2. The van der Waals surface area contributed by atoms with Crippen LogP contribution in [0.15, 0.2) is 48.5 Å². The largest absolute Gasteiger partial charge is 0.399 e. The Kier molecular flexibility index (Phi) is 7.07. The van der Waals surface area contributed by atoms with Crippen molar-refractivity contribution in [2.45, 2.75) is 38.3 Å². The summed E-state index contributed by atoms with van der Waals surface area (Å²) < 4.78 is 0. The van der Waals surface area contributed by atoms with E-state index >= 15 is 0 Å². The molecule has 1 aliphatic rings. The van der Waals surface area contributed by atoms with Crippen molar-refractivity contribution < 1.29 is 9.59 Å². The molecule has 27 heavy (non-hydrogen) atoms. The molecular formula is C20H25ClN4O2. The van der Waals surface area contributed by atoms with Crippen molar-refractivity contribution in [1.29, 1.82) is 0 Å². The molecule has 0 aliphatic heterocycles. The molecule has 1 saturated carbocycles. The Morgan fingerprint density at radius 2 is 1.70 bits per heavy atom. The van der Waals surface area contributed by atoms with Crippen LogP contribution in [0.4, 0.5) is 16.2 Å². The Morgan fingerprint density at radius 1 is 1.07 bits per heavy atom. The van der Waals surface area contributed by atoms with Crippen LogP contribution in [0, 0.1) is 0 Å². The van der Waals surface area contributed by atoms with E-state index in [1.54, 1.807) is 12.1 Å². The molecule has 3 rings (SSSR count). The number of nitrogen functional groups attached to an aromatic ring is 1. The minimum absolute atomic E-state index is 0. The molecule has 0 spiro atoms. The van der Waals surface area contributed by atoms with Gasteiger partial charge in [0.05, 0.1) is 12.5 Å². The number of carbonyl (C=O) groups excluding carboxylic acids is 2. The zero-order chi connectivity index (χ0) is 18.5. The summed E-state index contributed by atoms with van der Waals surface area (Å²) in [5.41, 5.74) is 8.96. The first-order valence-corrected chi connectivity index (χ1v) is 8.81. The number of nitrogens with two attached hydrogens (primary N) is 1. The number of urea groups is 1. The first-order chi connectivity index (χ1) is 12.5. The summed E-state index contributed by atoms with van der Waals surface area (Å²) >= 11 is 0. The maximum Gasteiger partial charge on any atom is 0.319 e. The van der Waals surface area contributed by atoms with Crippen molar-refractivity contribution in [3.8, 4) is 0 Å². The third-order valence-corrected chi connectivity index (χ3v) is 4.30. The second kappa shape index (κ2) is 9.28. The van der Waals surface area contributed by atoms with Crippen LogP contribution < -0.4 is 21.7 Å². The third-order valence-electron chi connectivity index (χ3n) is 4.30. The lowest BCUT2D eigenvalue weighted by Gasteiger charge is -2.15. The van der Waals surface area contributed by atoms with Crippen molar-refractivity contribution in [1.82, 2.24) is 10.6 Å². The lowest BCUT2D eigenvalue weighted by molar-refractivity contribution is -0.121. The van der Waals surface area contributed by atoms with Crippen LogP contribution in [0.3, 0.4) is 0 Å². The van der Waals surface area contributed by atoms with Gasteiger partial charge >= 0.3 is 6.03 Å². The topological polar surface area (TPSA) is 96.2 Å². The van der Waals surface area contributed by atoms with E-state index in [2.05, 4.69) is 16.0 Å². The van der Waals surface area contributed by atoms with Crippen LogP contribution in [-0.4, -0.2) is 18.0 Å². The number of nitrogens with one attached hydrogen (secondary N) is 3. The molecule has 2 aromatic rings. The Morgan fingerprint density at radius 3 is 2.30 bits per heavy atom. The van der Waals surface area contributed by atoms with Crippen molar-refractivity contribution in [2.75, 3.05) is 11.1 Å². The summed E-state index contributed by atoms with van der Waals surface area (Å²) in [7, 11) is 0. The quantitative estimate of drug-likeness (QED) is 0.571. The van der Waals surface area contributed by atoms with Gasteiger partial charge in [-0.15, -0.1) is 12.4 Å². The highest BCUT2D eigenvalue weighted by Crippen LogP contribution is 2.20. The third kappa shape index (κ3) is 6.49. The summed E-state index contributed by atoms with van der Waals surface area (Å²) in [5, 5.41) is 8.67. The van der Waals surface area contributed by atoms with E-state index in [1.165, 1.54) is 0 Å². The minimum atomic E-state index is -0.176. The van der Waals surface area contributed by atoms with Crippen LogP contribution in [0.2, 0.25) is 0 Å². The lowest BCUT2D eigenvalue weighted by atomic mass is 10.1. The maximum absolute atomic E-state index is 12.2. The van der Waals surface area contributed by atoms with Crippen molar-refractivity contribution in [3.63, 3.8) is 0 Å². The standard InChI is InChI=1S/C20H24N4O2.ClH/c1-13(22-19(25)12-14-2-6-16(21)7-3-14)15-4-8-17(9-5-15)23-20(26)24-18-10-11-18;/h2-9,13,18H,10-12,21H2,1H3,(H,22,25)(H2,23,24,26);1H. The lowest BCUT2D eigenvalue weighted by Crippen LogP contribution is -2.30. The van der Waals surface area contributed by atoms with E-state index in [0.717, 1.165) is 29.7 Å². The van der Waals surface area contributed by atoms with Crippen LogP contribution in [0.5, 0.6) is 0 Å². The van der Waals surface area contributed by atoms with Gasteiger partial charge in [0.25, 0.3) is 0 Å². The molecule has 0 bridgehead atoms. The van der Waals surface area contributed by atoms with Crippen molar-refractivity contribution in [3.05, 3.63) is 59.7 Å². The van der Waals surface area contributed by atoms with Gasteiger partial charge in [0.15, 0.2) is 0 Å². The summed E-state index contributed by atoms with van der Waals surface area (Å²) in [6.07, 6.45) is 2.42. The zero-order valence-electron chi connectivity index (χ0n) is 15.2. The van der Waals surface area contributed by atoms with Gasteiger partial charge in [-0.2, -0.15) is 0 Å². The highest BCUT2D eigenvalue weighted by Gasteiger charge is 2.23. The molecule has 1 atom stereocenters. The first-order valence-electron chi connectivity index (χ1n) is 8.81. The molecule has 6 nitrogen and oxygen atoms in total.